The number of hydrogen-bond acceptors (Lipinski definition) is 2. The molecule has 90 valence electrons. The van der Waals surface area contributed by atoms with Gasteiger partial charge in [0, 0.05) is 13.7 Å². The van der Waals surface area contributed by atoms with Gasteiger partial charge in [-0.3, -0.25) is 0 Å². The topological polar surface area (TPSA) is 21.3 Å². The zero-order valence-corrected chi connectivity index (χ0v) is 10.4. The molecule has 1 rings (SSSR count). The van der Waals surface area contributed by atoms with E-state index in [9.17, 15) is 0 Å². The molecule has 1 aliphatic carbocycles. The zero-order valence-electron chi connectivity index (χ0n) is 10.4. The molecule has 0 amide bonds. The molecule has 0 heterocycles. The summed E-state index contributed by atoms with van der Waals surface area (Å²) in [5.41, 5.74) is 0. The maximum Gasteiger partial charge on any atom is 0.0462 e. The van der Waals surface area contributed by atoms with Gasteiger partial charge in [-0.05, 0) is 50.6 Å². The van der Waals surface area contributed by atoms with E-state index in [1.165, 1.54) is 45.1 Å². The average molecular weight is 213 g/mol. The molecule has 2 atom stereocenters. The highest BCUT2D eigenvalue weighted by Crippen LogP contribution is 2.27. The van der Waals surface area contributed by atoms with Crippen LogP contribution in [0.5, 0.6) is 0 Å². The van der Waals surface area contributed by atoms with E-state index in [0.29, 0.717) is 0 Å². The van der Waals surface area contributed by atoms with Crippen molar-refractivity contribution in [3.05, 3.63) is 0 Å². The van der Waals surface area contributed by atoms with Crippen LogP contribution in [0.2, 0.25) is 0 Å². The van der Waals surface area contributed by atoms with Crippen LogP contribution in [-0.4, -0.2) is 26.8 Å². The molecule has 2 heteroatoms. The molecule has 1 N–H and O–H groups in total. The lowest BCUT2D eigenvalue weighted by Crippen LogP contribution is -2.27. The van der Waals surface area contributed by atoms with E-state index in [-0.39, 0.29) is 0 Å². The highest BCUT2D eigenvalue weighted by atomic mass is 16.5. The van der Waals surface area contributed by atoms with Crippen molar-refractivity contribution in [1.82, 2.24) is 5.32 Å². The first-order valence-corrected chi connectivity index (χ1v) is 6.52. The Morgan fingerprint density at radius 1 is 1.27 bits per heavy atom. The van der Waals surface area contributed by atoms with Crippen molar-refractivity contribution in [2.45, 2.75) is 45.4 Å². The molecule has 0 bridgehead atoms. The smallest absolute Gasteiger partial charge is 0.0462 e. The Hall–Kier alpha value is -0.0800. The maximum absolute atomic E-state index is 5.02. The predicted molar refractivity (Wildman–Crippen MR) is 65.1 cm³/mol. The Morgan fingerprint density at radius 2 is 2.13 bits per heavy atom. The number of unbranched alkanes of at least 4 members (excludes halogenated alkanes) is 1. The van der Waals surface area contributed by atoms with E-state index in [1.807, 2.05) is 0 Å². The van der Waals surface area contributed by atoms with E-state index >= 15 is 0 Å². The summed E-state index contributed by atoms with van der Waals surface area (Å²) in [5, 5.41) is 3.58. The molecule has 0 radical (unpaired) electrons. The fourth-order valence-corrected chi connectivity index (χ4v) is 2.55. The van der Waals surface area contributed by atoms with Crippen molar-refractivity contribution < 1.29 is 4.74 Å². The van der Waals surface area contributed by atoms with E-state index in [4.69, 9.17) is 4.74 Å². The van der Waals surface area contributed by atoms with Gasteiger partial charge in [0.25, 0.3) is 0 Å². The predicted octanol–water partition coefficient (Wildman–Crippen LogP) is 2.83. The third-order valence-electron chi connectivity index (χ3n) is 3.43. The quantitative estimate of drug-likeness (QED) is 0.657. The van der Waals surface area contributed by atoms with Crippen LogP contribution in [0.15, 0.2) is 0 Å². The van der Waals surface area contributed by atoms with Gasteiger partial charge >= 0.3 is 0 Å². The Balaban J connectivity index is 1.90. The molecule has 0 aromatic rings. The monoisotopic (exact) mass is 213 g/mol. The first kappa shape index (κ1) is 13.0. The van der Waals surface area contributed by atoms with Gasteiger partial charge < -0.3 is 10.1 Å². The fraction of sp³-hybridized carbons (Fsp3) is 1.00. The van der Waals surface area contributed by atoms with Crippen molar-refractivity contribution in [2.24, 2.45) is 11.8 Å². The van der Waals surface area contributed by atoms with Gasteiger partial charge in [0.1, 0.15) is 0 Å². The number of methoxy groups -OCH3 is 1. The summed E-state index contributed by atoms with van der Waals surface area (Å²) < 4.78 is 5.02. The molecule has 1 saturated carbocycles. The van der Waals surface area contributed by atoms with Crippen molar-refractivity contribution in [3.8, 4) is 0 Å². The first-order valence-electron chi connectivity index (χ1n) is 6.52. The Kier molecular flexibility index (Phi) is 7.03. The largest absolute Gasteiger partial charge is 0.385 e. The summed E-state index contributed by atoms with van der Waals surface area (Å²) in [4.78, 5) is 0. The molecule has 0 aliphatic heterocycles. The fourth-order valence-electron chi connectivity index (χ4n) is 2.55. The van der Waals surface area contributed by atoms with Crippen molar-refractivity contribution in [2.75, 3.05) is 26.8 Å². The first-order chi connectivity index (χ1) is 7.33. The number of rotatable bonds is 7. The summed E-state index contributed by atoms with van der Waals surface area (Å²) in [5.74, 6) is 1.90. The van der Waals surface area contributed by atoms with Crippen LogP contribution in [0.25, 0.3) is 0 Å². The number of hydrogen-bond donors (Lipinski definition) is 1. The molecule has 1 fully saturated rings. The van der Waals surface area contributed by atoms with E-state index < -0.39 is 0 Å². The van der Waals surface area contributed by atoms with Crippen LogP contribution < -0.4 is 5.32 Å². The van der Waals surface area contributed by atoms with Gasteiger partial charge in [0.15, 0.2) is 0 Å². The van der Waals surface area contributed by atoms with Crippen LogP contribution in [0, 0.1) is 11.8 Å². The van der Waals surface area contributed by atoms with Crippen molar-refractivity contribution in [3.63, 3.8) is 0 Å². The molecular weight excluding hydrogens is 186 g/mol. The standard InChI is InChI=1S/C13H27NO/c1-12-6-5-7-13(10-12)11-14-8-3-4-9-15-2/h12-14H,3-11H2,1-2H3. The molecule has 0 aromatic heterocycles. The van der Waals surface area contributed by atoms with Gasteiger partial charge in [0.05, 0.1) is 0 Å². The van der Waals surface area contributed by atoms with Crippen molar-refractivity contribution in [1.29, 1.82) is 0 Å². The van der Waals surface area contributed by atoms with E-state index in [2.05, 4.69) is 12.2 Å². The van der Waals surface area contributed by atoms with Gasteiger partial charge in [-0.2, -0.15) is 0 Å². The SMILES string of the molecule is COCCCCNCC1CCCC(C)C1. The maximum atomic E-state index is 5.02. The van der Waals surface area contributed by atoms with Gasteiger partial charge in [-0.25, -0.2) is 0 Å². The second-order valence-corrected chi connectivity index (χ2v) is 5.04. The lowest BCUT2D eigenvalue weighted by Gasteiger charge is -2.26. The highest BCUT2D eigenvalue weighted by molar-refractivity contribution is 4.72. The molecular formula is C13H27NO. The molecule has 0 saturated heterocycles. The van der Waals surface area contributed by atoms with Crippen LogP contribution >= 0.6 is 0 Å². The Morgan fingerprint density at radius 3 is 2.87 bits per heavy atom. The van der Waals surface area contributed by atoms with Crippen LogP contribution in [0.3, 0.4) is 0 Å². The second kappa shape index (κ2) is 8.12. The third-order valence-corrected chi connectivity index (χ3v) is 3.43. The molecule has 1 aliphatic rings. The molecule has 2 nitrogen and oxygen atoms in total. The molecule has 2 unspecified atom stereocenters. The van der Waals surface area contributed by atoms with Gasteiger partial charge in [-0.15, -0.1) is 0 Å². The third kappa shape index (κ3) is 6.16. The minimum absolute atomic E-state index is 0.905. The average Bonchev–Trinajstić information content (AvgIpc) is 2.23. The van der Waals surface area contributed by atoms with Crippen molar-refractivity contribution >= 4 is 0 Å². The normalized spacial score (nSPS) is 26.8. The van der Waals surface area contributed by atoms with Crippen LogP contribution in [0.4, 0.5) is 0 Å². The van der Waals surface area contributed by atoms with E-state index in [1.54, 1.807) is 7.11 Å². The summed E-state index contributed by atoms with van der Waals surface area (Å²) in [6.07, 6.45) is 8.20. The minimum Gasteiger partial charge on any atom is -0.385 e. The number of ether oxygens (including phenoxy) is 1. The Bertz CT molecular complexity index is 149. The molecule has 0 aromatic carbocycles. The highest BCUT2D eigenvalue weighted by Gasteiger charge is 2.17. The number of nitrogens with one attached hydrogen (secondary N) is 1. The summed E-state index contributed by atoms with van der Waals surface area (Å²) in [6, 6.07) is 0. The lowest BCUT2D eigenvalue weighted by atomic mass is 9.82. The summed E-state index contributed by atoms with van der Waals surface area (Å²) >= 11 is 0. The zero-order chi connectivity index (χ0) is 10.9. The summed E-state index contributed by atoms with van der Waals surface area (Å²) in [7, 11) is 1.77. The molecule has 0 spiro atoms. The minimum atomic E-state index is 0.905. The van der Waals surface area contributed by atoms with Gasteiger partial charge in [-0.1, -0.05) is 19.8 Å². The molecule has 15 heavy (non-hydrogen) atoms. The lowest BCUT2D eigenvalue weighted by molar-refractivity contribution is 0.192. The van der Waals surface area contributed by atoms with Crippen LogP contribution in [0.1, 0.15) is 45.4 Å². The van der Waals surface area contributed by atoms with E-state index in [0.717, 1.165) is 25.0 Å². The Labute approximate surface area is 94.8 Å². The van der Waals surface area contributed by atoms with Crippen LogP contribution in [-0.2, 0) is 4.74 Å². The summed E-state index contributed by atoms with van der Waals surface area (Å²) in [6.45, 7) is 5.69. The van der Waals surface area contributed by atoms with Gasteiger partial charge in [0.2, 0.25) is 0 Å². The second-order valence-electron chi connectivity index (χ2n) is 5.04.